The van der Waals surface area contributed by atoms with Crippen molar-refractivity contribution in [3.63, 3.8) is 0 Å². The predicted octanol–water partition coefficient (Wildman–Crippen LogP) is 6.44. The van der Waals surface area contributed by atoms with Crippen LogP contribution in [0.15, 0.2) is 47.5 Å². The van der Waals surface area contributed by atoms with Crippen LogP contribution < -0.4 is 10.1 Å². The number of methoxy groups -OCH3 is 1. The summed E-state index contributed by atoms with van der Waals surface area (Å²) in [4.78, 5) is 32.7. The molecule has 3 aliphatic heterocycles. The van der Waals surface area contributed by atoms with Crippen LogP contribution in [-0.4, -0.2) is 47.8 Å². The third-order valence-electron chi connectivity index (χ3n) is 8.27. The number of carbonyl (C=O) groups excluding carboxylic acids is 2. The summed E-state index contributed by atoms with van der Waals surface area (Å²) in [5.41, 5.74) is 6.40. The average molecular weight is 546 g/mol. The molecule has 1 fully saturated rings. The Morgan fingerprint density at radius 3 is 2.72 bits per heavy atom. The number of amides is 2. The Hall–Kier alpha value is -3.58. The lowest BCUT2D eigenvalue weighted by molar-refractivity contribution is -0.135. The monoisotopic (exact) mass is 545 g/mol. The Morgan fingerprint density at radius 1 is 1.13 bits per heavy atom. The normalized spacial score (nSPS) is 20.2. The van der Waals surface area contributed by atoms with Gasteiger partial charge in [-0.15, -0.1) is 0 Å². The molecule has 2 amide bonds. The summed E-state index contributed by atoms with van der Waals surface area (Å²) in [5, 5.41) is 5.70. The number of alkyl carbamates (subject to hydrolysis) is 1. The highest BCUT2D eigenvalue weighted by Crippen LogP contribution is 2.44. The van der Waals surface area contributed by atoms with Crippen molar-refractivity contribution < 1.29 is 19.1 Å². The number of halogens is 1. The van der Waals surface area contributed by atoms with E-state index in [0.717, 1.165) is 63.0 Å². The Balaban J connectivity index is 1.31. The third-order valence-corrected chi connectivity index (χ3v) is 8.50. The van der Waals surface area contributed by atoms with Crippen LogP contribution in [-0.2, 0) is 22.6 Å². The zero-order valence-corrected chi connectivity index (χ0v) is 23.3. The van der Waals surface area contributed by atoms with Gasteiger partial charge in [-0.2, -0.15) is 0 Å². The number of nitrogens with one attached hydrogen (secondary N) is 1. The number of hydrogen-bond acceptors (Lipinski definition) is 5. The van der Waals surface area contributed by atoms with Crippen molar-refractivity contribution in [2.45, 2.75) is 64.8 Å². The first-order valence-corrected chi connectivity index (χ1v) is 13.9. The lowest BCUT2D eigenvalue weighted by atomic mass is 9.92. The Bertz CT molecular complexity index is 1530. The molecule has 8 heteroatoms. The molecule has 7 nitrogen and oxygen atoms in total. The van der Waals surface area contributed by atoms with Crippen LogP contribution in [0, 0.1) is 5.92 Å². The number of benzene rings is 3. The molecule has 0 aromatic heterocycles. The summed E-state index contributed by atoms with van der Waals surface area (Å²) in [6.07, 6.45) is 1.81. The van der Waals surface area contributed by atoms with Crippen molar-refractivity contribution in [2.75, 3.05) is 7.11 Å². The standard InChI is InChI=1S/C31H32ClN3O4/c1-16(2)29(34-31(37)38-4)30(36)35-17(3)5-10-27(35)26-13-23-22-14-28-24(12-18(22)6-9-25(23)33-26)21-8-7-20(32)11-19(21)15-39-28/h6-9,11-12,14,16-17,27,29H,5,10,13,15H2,1-4H3,(H,34,37)/t17-,27-,29-/m0/s1. The summed E-state index contributed by atoms with van der Waals surface area (Å²) in [5.74, 6) is 0.693. The number of hydrogen-bond donors (Lipinski definition) is 1. The summed E-state index contributed by atoms with van der Waals surface area (Å²) in [6, 6.07) is 13.7. The molecule has 1 N–H and O–H groups in total. The van der Waals surface area contributed by atoms with Crippen molar-refractivity contribution in [1.82, 2.24) is 10.2 Å². The van der Waals surface area contributed by atoms with E-state index < -0.39 is 12.1 Å². The van der Waals surface area contributed by atoms with Crippen molar-refractivity contribution >= 4 is 45.8 Å². The lowest BCUT2D eigenvalue weighted by Gasteiger charge is -2.33. The van der Waals surface area contributed by atoms with Gasteiger partial charge in [-0.1, -0.05) is 37.6 Å². The Kier molecular flexibility index (Phi) is 6.50. The zero-order valence-electron chi connectivity index (χ0n) is 22.6. The lowest BCUT2D eigenvalue weighted by Crippen LogP contribution is -2.55. The highest BCUT2D eigenvalue weighted by Gasteiger charge is 2.42. The number of nitrogens with zero attached hydrogens (tertiary/aromatic N) is 2. The van der Waals surface area contributed by atoms with E-state index >= 15 is 0 Å². The second-order valence-electron chi connectivity index (χ2n) is 11.0. The van der Waals surface area contributed by atoms with Crippen LogP contribution in [0.3, 0.4) is 0 Å². The van der Waals surface area contributed by atoms with Gasteiger partial charge in [-0.05, 0) is 83.5 Å². The number of rotatable bonds is 4. The van der Waals surface area contributed by atoms with Gasteiger partial charge >= 0.3 is 6.09 Å². The van der Waals surface area contributed by atoms with Crippen LogP contribution in [0.5, 0.6) is 5.75 Å². The van der Waals surface area contributed by atoms with Gasteiger partial charge in [0.25, 0.3) is 0 Å². The summed E-state index contributed by atoms with van der Waals surface area (Å²) in [6.45, 7) is 6.41. The van der Waals surface area contributed by atoms with E-state index in [9.17, 15) is 9.59 Å². The van der Waals surface area contributed by atoms with Gasteiger partial charge < -0.3 is 19.7 Å². The fourth-order valence-electron chi connectivity index (χ4n) is 6.23. The van der Waals surface area contributed by atoms with Crippen molar-refractivity contribution in [2.24, 2.45) is 10.9 Å². The van der Waals surface area contributed by atoms with E-state index in [4.69, 9.17) is 26.1 Å². The van der Waals surface area contributed by atoms with Crippen LogP contribution >= 0.6 is 11.6 Å². The van der Waals surface area contributed by atoms with Gasteiger partial charge in [0.1, 0.15) is 18.4 Å². The first-order valence-electron chi connectivity index (χ1n) is 13.5. The molecule has 0 radical (unpaired) electrons. The molecule has 0 spiro atoms. The minimum Gasteiger partial charge on any atom is -0.488 e. The van der Waals surface area contributed by atoms with Crippen molar-refractivity contribution in [3.05, 3.63) is 58.6 Å². The third kappa shape index (κ3) is 4.42. The van der Waals surface area contributed by atoms with E-state index in [1.165, 1.54) is 7.11 Å². The molecule has 202 valence electrons. The quantitative estimate of drug-likeness (QED) is 0.409. The second-order valence-corrected chi connectivity index (χ2v) is 11.5. The van der Waals surface area contributed by atoms with E-state index in [-0.39, 0.29) is 23.9 Å². The van der Waals surface area contributed by atoms with Crippen LogP contribution in [0.4, 0.5) is 10.5 Å². The molecule has 0 aliphatic carbocycles. The number of aliphatic imine (C=N–C) groups is 1. The molecule has 0 bridgehead atoms. The molecule has 1 saturated heterocycles. The molecular formula is C31H32ClN3O4. The maximum atomic E-state index is 13.8. The fraction of sp³-hybridized carbons (Fsp3) is 0.387. The molecule has 3 atom stereocenters. The molecule has 3 aliphatic rings. The number of ether oxygens (including phenoxy) is 2. The largest absolute Gasteiger partial charge is 0.488 e. The highest BCUT2D eigenvalue weighted by molar-refractivity contribution is 6.30. The molecule has 3 aromatic rings. The van der Waals surface area contributed by atoms with E-state index in [2.05, 4.69) is 42.6 Å². The average Bonchev–Trinajstić information content (AvgIpc) is 3.53. The molecule has 6 rings (SSSR count). The topological polar surface area (TPSA) is 80.2 Å². The van der Waals surface area contributed by atoms with Gasteiger partial charge in [0.05, 0.1) is 18.8 Å². The number of carbonyl (C=O) groups is 2. The minimum absolute atomic E-state index is 0.0559. The maximum Gasteiger partial charge on any atom is 0.407 e. The van der Waals surface area contributed by atoms with E-state index in [1.807, 2.05) is 30.9 Å². The van der Waals surface area contributed by atoms with Crippen molar-refractivity contribution in [3.8, 4) is 16.9 Å². The van der Waals surface area contributed by atoms with Crippen LogP contribution in [0.1, 0.15) is 44.7 Å². The van der Waals surface area contributed by atoms with Gasteiger partial charge in [0.2, 0.25) is 5.91 Å². The van der Waals surface area contributed by atoms with Gasteiger partial charge in [0.15, 0.2) is 0 Å². The first kappa shape index (κ1) is 25.7. The Labute approximate surface area is 233 Å². The second kappa shape index (κ2) is 9.87. The van der Waals surface area contributed by atoms with E-state index in [1.54, 1.807) is 0 Å². The molecule has 0 saturated carbocycles. The summed E-state index contributed by atoms with van der Waals surface area (Å²) < 4.78 is 10.9. The summed E-state index contributed by atoms with van der Waals surface area (Å²) >= 11 is 6.21. The molecule has 3 aromatic carbocycles. The predicted molar refractivity (Wildman–Crippen MR) is 153 cm³/mol. The smallest absolute Gasteiger partial charge is 0.407 e. The zero-order chi connectivity index (χ0) is 27.4. The molecule has 3 heterocycles. The van der Waals surface area contributed by atoms with Crippen molar-refractivity contribution in [1.29, 1.82) is 0 Å². The molecule has 0 unspecified atom stereocenters. The Morgan fingerprint density at radius 2 is 1.95 bits per heavy atom. The SMILES string of the molecule is COC(=O)N[C@H](C(=O)N1[C@@H](C)CC[C@H]1C1=Nc2ccc3cc4c(cc3c2C1)OCc1cc(Cl)ccc1-4)C(C)C. The summed E-state index contributed by atoms with van der Waals surface area (Å²) in [7, 11) is 1.31. The highest BCUT2D eigenvalue weighted by atomic mass is 35.5. The van der Waals surface area contributed by atoms with Gasteiger partial charge in [0, 0.05) is 28.8 Å². The first-order chi connectivity index (χ1) is 18.7. The maximum absolute atomic E-state index is 13.8. The van der Waals surface area contributed by atoms with Crippen LogP contribution in [0.2, 0.25) is 5.02 Å². The van der Waals surface area contributed by atoms with Gasteiger partial charge in [-0.25, -0.2) is 4.79 Å². The van der Waals surface area contributed by atoms with Crippen LogP contribution in [0.25, 0.3) is 21.9 Å². The number of likely N-dealkylation sites (tertiary alicyclic amines) is 1. The van der Waals surface area contributed by atoms with E-state index in [0.29, 0.717) is 18.1 Å². The molecular weight excluding hydrogens is 514 g/mol. The fourth-order valence-corrected chi connectivity index (χ4v) is 6.43. The van der Waals surface area contributed by atoms with Gasteiger partial charge in [-0.3, -0.25) is 9.79 Å². The molecule has 39 heavy (non-hydrogen) atoms. The number of fused-ring (bicyclic) bond motifs is 6. The minimum atomic E-state index is -0.660.